The van der Waals surface area contributed by atoms with Crippen LogP contribution >= 0.6 is 0 Å². The molecule has 0 aromatic carbocycles. The van der Waals surface area contributed by atoms with Gasteiger partial charge in [0.2, 0.25) is 0 Å². The lowest BCUT2D eigenvalue weighted by atomic mass is 10.2. The number of aromatic nitrogens is 2. The van der Waals surface area contributed by atoms with Crippen LogP contribution in [0.15, 0.2) is 42.9 Å². The molecular formula is C15H17N3O2. The molecule has 1 saturated heterocycles. The third kappa shape index (κ3) is 2.32. The van der Waals surface area contributed by atoms with Gasteiger partial charge in [-0.25, -0.2) is 4.98 Å². The Balaban J connectivity index is 1.79. The summed E-state index contributed by atoms with van der Waals surface area (Å²) >= 11 is 0. The van der Waals surface area contributed by atoms with Crippen LogP contribution in [0.1, 0.15) is 23.2 Å². The first-order chi connectivity index (χ1) is 9.79. The second kappa shape index (κ2) is 5.46. The van der Waals surface area contributed by atoms with Crippen LogP contribution in [-0.4, -0.2) is 44.7 Å². The highest BCUT2D eigenvalue weighted by Gasteiger charge is 2.28. The molecule has 5 nitrogen and oxygen atoms in total. The lowest BCUT2D eigenvalue weighted by molar-refractivity contribution is 0.0677. The zero-order valence-electron chi connectivity index (χ0n) is 11.1. The van der Waals surface area contributed by atoms with Crippen LogP contribution in [-0.2, 0) is 0 Å². The molecule has 20 heavy (non-hydrogen) atoms. The Morgan fingerprint density at radius 1 is 1.35 bits per heavy atom. The fraction of sp³-hybridized carbons (Fsp3) is 0.333. The zero-order valence-corrected chi connectivity index (χ0v) is 11.1. The average molecular weight is 271 g/mol. The highest BCUT2D eigenvalue weighted by atomic mass is 16.3. The van der Waals surface area contributed by atoms with E-state index in [1.807, 2.05) is 35.2 Å². The van der Waals surface area contributed by atoms with Crippen molar-refractivity contribution in [1.29, 1.82) is 0 Å². The number of hydrogen-bond donors (Lipinski definition) is 1. The van der Waals surface area contributed by atoms with E-state index in [1.165, 1.54) is 0 Å². The maximum atomic E-state index is 12.4. The second-order valence-electron chi connectivity index (χ2n) is 4.97. The van der Waals surface area contributed by atoms with Crippen LogP contribution in [0.5, 0.6) is 0 Å². The summed E-state index contributed by atoms with van der Waals surface area (Å²) in [7, 11) is 0. The number of carbonyl (C=O) groups is 1. The Hall–Kier alpha value is -2.14. The van der Waals surface area contributed by atoms with Crippen molar-refractivity contribution in [2.24, 2.45) is 0 Å². The summed E-state index contributed by atoms with van der Waals surface area (Å²) in [6, 6.07) is 7.43. The molecule has 3 rings (SSSR count). The smallest absolute Gasteiger partial charge is 0.255 e. The Morgan fingerprint density at radius 3 is 2.80 bits per heavy atom. The van der Waals surface area contributed by atoms with E-state index in [0.29, 0.717) is 12.1 Å². The molecule has 1 atom stereocenters. The van der Waals surface area contributed by atoms with Gasteiger partial charge in [-0.05, 0) is 37.1 Å². The fourth-order valence-electron chi connectivity index (χ4n) is 2.61. The van der Waals surface area contributed by atoms with Gasteiger partial charge in [-0.3, -0.25) is 4.79 Å². The third-order valence-corrected chi connectivity index (χ3v) is 3.71. The standard InChI is InChI=1S/C15H17N3O2/c19-11-13-4-3-9-18(13)15(20)12-5-6-14(16-10-12)17-7-1-2-8-17/h1-2,5-8,10,13,19H,3-4,9,11H2/t13-/m1/s1. The van der Waals surface area contributed by atoms with Crippen LogP contribution < -0.4 is 0 Å². The zero-order chi connectivity index (χ0) is 13.9. The molecule has 104 valence electrons. The van der Waals surface area contributed by atoms with Crippen molar-refractivity contribution >= 4 is 5.91 Å². The normalized spacial score (nSPS) is 18.4. The lowest BCUT2D eigenvalue weighted by Crippen LogP contribution is -2.37. The molecule has 2 aromatic rings. The molecule has 5 heteroatoms. The van der Waals surface area contributed by atoms with E-state index in [4.69, 9.17) is 0 Å². The van der Waals surface area contributed by atoms with Gasteiger partial charge < -0.3 is 14.6 Å². The maximum absolute atomic E-state index is 12.4. The number of rotatable bonds is 3. The Morgan fingerprint density at radius 2 is 2.15 bits per heavy atom. The number of carbonyl (C=O) groups excluding carboxylic acids is 1. The molecule has 1 aliphatic rings. The van der Waals surface area contributed by atoms with Gasteiger partial charge in [0.1, 0.15) is 5.82 Å². The summed E-state index contributed by atoms with van der Waals surface area (Å²) in [4.78, 5) is 18.4. The van der Waals surface area contributed by atoms with E-state index in [9.17, 15) is 9.90 Å². The molecule has 0 saturated carbocycles. The van der Waals surface area contributed by atoms with Crippen molar-refractivity contribution in [3.8, 4) is 5.82 Å². The van der Waals surface area contributed by atoms with Gasteiger partial charge >= 0.3 is 0 Å². The van der Waals surface area contributed by atoms with Crippen molar-refractivity contribution in [2.45, 2.75) is 18.9 Å². The van der Waals surface area contributed by atoms with E-state index >= 15 is 0 Å². The van der Waals surface area contributed by atoms with Gasteiger partial charge in [0.25, 0.3) is 5.91 Å². The molecule has 2 aromatic heterocycles. The van der Waals surface area contributed by atoms with Gasteiger partial charge in [-0.2, -0.15) is 0 Å². The molecule has 1 N–H and O–H groups in total. The molecule has 1 amide bonds. The van der Waals surface area contributed by atoms with Gasteiger partial charge in [0, 0.05) is 25.1 Å². The molecule has 1 fully saturated rings. The van der Waals surface area contributed by atoms with Gasteiger partial charge in [-0.15, -0.1) is 0 Å². The van der Waals surface area contributed by atoms with Gasteiger partial charge in [0.05, 0.1) is 18.2 Å². The Labute approximate surface area is 117 Å². The van der Waals surface area contributed by atoms with Gasteiger partial charge in [-0.1, -0.05) is 0 Å². The largest absolute Gasteiger partial charge is 0.394 e. The fourth-order valence-corrected chi connectivity index (χ4v) is 2.61. The number of amides is 1. The van der Waals surface area contributed by atoms with Crippen LogP contribution in [0.25, 0.3) is 5.82 Å². The van der Waals surface area contributed by atoms with Crippen molar-refractivity contribution in [2.75, 3.05) is 13.2 Å². The van der Waals surface area contributed by atoms with Crippen LogP contribution in [0, 0.1) is 0 Å². The van der Waals surface area contributed by atoms with E-state index < -0.39 is 0 Å². The first-order valence-corrected chi connectivity index (χ1v) is 6.81. The predicted molar refractivity (Wildman–Crippen MR) is 74.7 cm³/mol. The minimum absolute atomic E-state index is 0.0284. The average Bonchev–Trinajstić information content (AvgIpc) is 3.17. The number of aliphatic hydroxyl groups is 1. The summed E-state index contributed by atoms with van der Waals surface area (Å²) in [6.45, 7) is 0.740. The molecule has 0 unspecified atom stereocenters. The van der Waals surface area contributed by atoms with Crippen LogP contribution in [0.4, 0.5) is 0 Å². The summed E-state index contributed by atoms with van der Waals surface area (Å²) in [5.74, 6) is 0.736. The number of pyridine rings is 1. The van der Waals surface area contributed by atoms with Crippen molar-refractivity contribution < 1.29 is 9.90 Å². The van der Waals surface area contributed by atoms with Crippen molar-refractivity contribution in [3.63, 3.8) is 0 Å². The topological polar surface area (TPSA) is 58.4 Å². The summed E-state index contributed by atoms with van der Waals surface area (Å²) in [5, 5.41) is 9.29. The highest BCUT2D eigenvalue weighted by Crippen LogP contribution is 2.19. The summed E-state index contributed by atoms with van der Waals surface area (Å²) in [6.07, 6.45) is 7.24. The summed E-state index contributed by atoms with van der Waals surface area (Å²) < 4.78 is 1.89. The summed E-state index contributed by atoms with van der Waals surface area (Å²) in [5.41, 5.74) is 0.571. The Bertz CT molecular complexity index is 578. The first-order valence-electron chi connectivity index (χ1n) is 6.81. The monoisotopic (exact) mass is 271 g/mol. The van der Waals surface area contributed by atoms with E-state index in [0.717, 1.165) is 18.7 Å². The van der Waals surface area contributed by atoms with E-state index in [-0.39, 0.29) is 18.6 Å². The van der Waals surface area contributed by atoms with Crippen molar-refractivity contribution in [1.82, 2.24) is 14.5 Å². The first kappa shape index (κ1) is 12.9. The molecule has 1 aliphatic heterocycles. The minimum Gasteiger partial charge on any atom is -0.394 e. The SMILES string of the molecule is O=C(c1ccc(-n2cccc2)nc1)N1CCC[C@@H]1CO. The molecule has 0 aliphatic carbocycles. The molecule has 0 bridgehead atoms. The van der Waals surface area contributed by atoms with Gasteiger partial charge in [0.15, 0.2) is 0 Å². The molecule has 3 heterocycles. The lowest BCUT2D eigenvalue weighted by Gasteiger charge is -2.22. The van der Waals surface area contributed by atoms with Crippen molar-refractivity contribution in [3.05, 3.63) is 48.4 Å². The highest BCUT2D eigenvalue weighted by molar-refractivity contribution is 5.94. The maximum Gasteiger partial charge on any atom is 0.255 e. The number of hydrogen-bond acceptors (Lipinski definition) is 3. The number of likely N-dealkylation sites (tertiary alicyclic amines) is 1. The predicted octanol–water partition coefficient (Wildman–Crippen LogP) is 1.47. The third-order valence-electron chi connectivity index (χ3n) is 3.71. The van der Waals surface area contributed by atoms with E-state index in [1.54, 1.807) is 17.2 Å². The Kier molecular flexibility index (Phi) is 3.52. The molecule has 0 radical (unpaired) electrons. The molecular weight excluding hydrogens is 254 g/mol. The minimum atomic E-state index is -0.0494. The number of aliphatic hydroxyl groups excluding tert-OH is 1. The van der Waals surface area contributed by atoms with Crippen LogP contribution in [0.2, 0.25) is 0 Å². The number of nitrogens with zero attached hydrogens (tertiary/aromatic N) is 3. The van der Waals surface area contributed by atoms with Crippen LogP contribution in [0.3, 0.4) is 0 Å². The van der Waals surface area contributed by atoms with E-state index in [2.05, 4.69) is 4.98 Å². The molecule has 0 spiro atoms. The quantitative estimate of drug-likeness (QED) is 0.919. The second-order valence-corrected chi connectivity index (χ2v) is 4.97.